The molecule has 1 aromatic heterocycles. The van der Waals surface area contributed by atoms with Gasteiger partial charge < -0.3 is 19.3 Å². The van der Waals surface area contributed by atoms with Gasteiger partial charge in [0.1, 0.15) is 22.8 Å². The maximum Gasteiger partial charge on any atom is 0.417 e. The molecule has 0 radical (unpaired) electrons. The van der Waals surface area contributed by atoms with Gasteiger partial charge in [0.05, 0.1) is 30.1 Å². The van der Waals surface area contributed by atoms with Crippen molar-refractivity contribution in [2.45, 2.75) is 44.3 Å². The molecule has 15 heteroatoms. The first kappa shape index (κ1) is 33.4. The molecule has 248 valence electrons. The Morgan fingerprint density at radius 2 is 1.79 bits per heavy atom. The third-order valence-corrected chi connectivity index (χ3v) is 7.56. The summed E-state index contributed by atoms with van der Waals surface area (Å²) in [5, 5.41) is 18.9. The Morgan fingerprint density at radius 3 is 2.49 bits per heavy atom. The molecule has 0 amide bonds. The van der Waals surface area contributed by atoms with Gasteiger partial charge in [0.25, 0.3) is 0 Å². The van der Waals surface area contributed by atoms with Crippen LogP contribution >= 0.6 is 0 Å². The Morgan fingerprint density at radius 1 is 1.02 bits per heavy atom. The molecule has 5 rings (SSSR count). The largest absolute Gasteiger partial charge is 0.494 e. The first-order chi connectivity index (χ1) is 22.3. The first-order valence-corrected chi connectivity index (χ1v) is 14.7. The molecule has 1 N–H and O–H groups in total. The van der Waals surface area contributed by atoms with Crippen molar-refractivity contribution in [3.8, 4) is 39.8 Å². The number of aliphatic carboxylic acids is 1. The maximum atomic E-state index is 14.5. The maximum absolute atomic E-state index is 14.5. The fourth-order valence-electron chi connectivity index (χ4n) is 5.19. The lowest BCUT2D eigenvalue weighted by Gasteiger charge is -2.29. The van der Waals surface area contributed by atoms with Crippen LogP contribution in [-0.2, 0) is 16.5 Å². The predicted octanol–water partition coefficient (Wildman–Crippen LogP) is 6.75. The Kier molecular flexibility index (Phi) is 9.56. The molecule has 0 fully saturated rings. The van der Waals surface area contributed by atoms with Crippen LogP contribution in [0.25, 0.3) is 34.0 Å². The van der Waals surface area contributed by atoms with Crippen molar-refractivity contribution in [1.29, 1.82) is 0 Å². The highest BCUT2D eigenvalue weighted by Gasteiger charge is 2.47. The van der Waals surface area contributed by atoms with Crippen molar-refractivity contribution in [1.82, 2.24) is 29.8 Å². The van der Waals surface area contributed by atoms with Crippen LogP contribution in [0.2, 0.25) is 0 Å². The zero-order chi connectivity index (χ0) is 33.9. The lowest BCUT2D eigenvalue weighted by Crippen LogP contribution is -2.44. The average molecular weight is 659 g/mol. The van der Waals surface area contributed by atoms with Crippen LogP contribution in [0.5, 0.6) is 5.75 Å². The Hall–Kier alpha value is -4.92. The van der Waals surface area contributed by atoms with Crippen molar-refractivity contribution >= 4 is 5.97 Å². The third kappa shape index (κ3) is 6.80. The Labute approximate surface area is 266 Å². The van der Waals surface area contributed by atoms with Crippen molar-refractivity contribution in [3.63, 3.8) is 0 Å². The van der Waals surface area contributed by atoms with Gasteiger partial charge in [-0.1, -0.05) is 18.1 Å². The number of aromatic nitrogens is 5. The van der Waals surface area contributed by atoms with E-state index >= 15 is 0 Å². The summed E-state index contributed by atoms with van der Waals surface area (Å²) < 4.78 is 82.9. The number of alkyl halides is 3. The fraction of sp³-hybridized carbons (Fsp3) is 0.344. The number of unbranched alkanes of at least 4 members (excludes halogenated alkanes) is 1. The zero-order valence-corrected chi connectivity index (χ0v) is 25.7. The number of carboxylic acids is 1. The topological polar surface area (TPSA) is 119 Å². The Balaban J connectivity index is 1.62. The summed E-state index contributed by atoms with van der Waals surface area (Å²) in [6.07, 6.45) is -0.880. The lowest BCUT2D eigenvalue weighted by molar-refractivity contribution is -0.147. The second-order valence-electron chi connectivity index (χ2n) is 11.2. The van der Waals surface area contributed by atoms with Crippen molar-refractivity contribution in [2.75, 3.05) is 27.2 Å². The normalized spacial score (nSPS) is 13.3. The number of carbonyl (C=O) groups is 1. The minimum atomic E-state index is -4.78. The molecule has 2 aliphatic rings. The van der Waals surface area contributed by atoms with E-state index in [0.29, 0.717) is 25.8 Å². The van der Waals surface area contributed by atoms with Gasteiger partial charge in [0, 0.05) is 11.6 Å². The molecule has 0 saturated heterocycles. The highest BCUT2D eigenvalue weighted by atomic mass is 19.4. The van der Waals surface area contributed by atoms with Crippen LogP contribution in [0.4, 0.5) is 22.0 Å². The summed E-state index contributed by atoms with van der Waals surface area (Å²) in [7, 11) is 3.72. The molecule has 0 spiro atoms. The number of ether oxygens (including phenoxy) is 1. The van der Waals surface area contributed by atoms with Crippen LogP contribution < -0.4 is 4.74 Å². The van der Waals surface area contributed by atoms with E-state index < -0.39 is 34.9 Å². The van der Waals surface area contributed by atoms with E-state index in [1.165, 1.54) is 36.7 Å². The smallest absolute Gasteiger partial charge is 0.417 e. The number of imidazole rings is 1. The van der Waals surface area contributed by atoms with Gasteiger partial charge in [-0.2, -0.15) is 18.3 Å². The van der Waals surface area contributed by atoms with Crippen molar-refractivity contribution in [2.24, 2.45) is 0 Å². The first-order valence-electron chi connectivity index (χ1n) is 14.7. The number of carboxylic acid groups (broad SMARTS) is 1. The number of fused-ring (bicyclic) bond motifs is 1. The van der Waals surface area contributed by atoms with E-state index in [1.807, 2.05) is 25.9 Å². The number of nitrogens with zero attached hydrogens (tertiary/aromatic N) is 6. The predicted molar refractivity (Wildman–Crippen MR) is 160 cm³/mol. The van der Waals surface area contributed by atoms with E-state index in [-0.39, 0.29) is 58.6 Å². The Bertz CT molecular complexity index is 1840. The van der Waals surface area contributed by atoms with Crippen LogP contribution in [-0.4, -0.2) is 68.1 Å². The van der Waals surface area contributed by atoms with Gasteiger partial charge >= 0.3 is 12.1 Å². The minimum absolute atomic E-state index is 0.0220. The summed E-state index contributed by atoms with van der Waals surface area (Å²) >= 11 is 0. The summed E-state index contributed by atoms with van der Waals surface area (Å²) in [4.78, 5) is 23.7. The van der Waals surface area contributed by atoms with Gasteiger partial charge in [0.2, 0.25) is 5.54 Å². The lowest BCUT2D eigenvalue weighted by atomic mass is 9.88. The standard InChI is InChI=1S/C32H31F5N6O4/c1-4-14-46-19-10-11-20(22(15-19)32(35,36)37)24-16-27(47-41-24)31(30(44)45,12-5-6-13-42(2)3)43-18-26-25(17-38-43)39-29(40-26)21-8-7-9-23(33)28(21)34/h7-11,15-18H,4-6,12-14H2,1-3H3,(H,44,45). The monoisotopic (exact) mass is 658 g/mol. The number of halogens is 5. The van der Waals surface area contributed by atoms with Gasteiger partial charge in [-0.15, -0.1) is 0 Å². The van der Waals surface area contributed by atoms with Gasteiger partial charge in [-0.25, -0.2) is 28.2 Å². The number of hydrogen-bond donors (Lipinski definition) is 1. The number of benzene rings is 2. The SMILES string of the molecule is CCCOc1ccc(-c2cc(C(CCCCN(C)C)(C(=O)O)n3cc4nc(-c5cccc(F)c5F)nc-4cn3)on2)c(C(F)(F)F)c1. The molecule has 1 atom stereocenters. The van der Waals surface area contributed by atoms with Crippen LogP contribution in [0.1, 0.15) is 43.9 Å². The minimum Gasteiger partial charge on any atom is -0.494 e. The highest BCUT2D eigenvalue weighted by Crippen LogP contribution is 2.41. The molecule has 0 bridgehead atoms. The van der Waals surface area contributed by atoms with Gasteiger partial charge in [-0.3, -0.25) is 0 Å². The van der Waals surface area contributed by atoms with Gasteiger partial charge in [0.15, 0.2) is 23.2 Å². The van der Waals surface area contributed by atoms with E-state index in [2.05, 4.69) is 20.2 Å². The second-order valence-corrected chi connectivity index (χ2v) is 11.2. The van der Waals surface area contributed by atoms with Gasteiger partial charge in [-0.05, 0) is 76.7 Å². The molecule has 0 aliphatic carbocycles. The zero-order valence-electron chi connectivity index (χ0n) is 25.7. The molecule has 10 nitrogen and oxygen atoms in total. The van der Waals surface area contributed by atoms with Crippen LogP contribution in [0.15, 0.2) is 59.4 Å². The summed E-state index contributed by atoms with van der Waals surface area (Å²) in [5.74, 6) is -4.06. The molecule has 2 aliphatic heterocycles. The quantitative estimate of drug-likeness (QED) is 0.108. The van der Waals surface area contributed by atoms with Crippen LogP contribution in [0.3, 0.4) is 0 Å². The molecule has 1 unspecified atom stereocenters. The molecule has 3 heterocycles. The van der Waals surface area contributed by atoms with E-state index in [4.69, 9.17) is 9.26 Å². The summed E-state index contributed by atoms with van der Waals surface area (Å²) in [5.41, 5.74) is -3.61. The summed E-state index contributed by atoms with van der Waals surface area (Å²) in [6, 6.07) is 8.13. The molecule has 0 saturated carbocycles. The third-order valence-electron chi connectivity index (χ3n) is 7.56. The summed E-state index contributed by atoms with van der Waals surface area (Å²) in [6.45, 7) is 2.68. The molecule has 3 aromatic rings. The second kappa shape index (κ2) is 13.4. The van der Waals surface area contributed by atoms with E-state index in [0.717, 1.165) is 22.9 Å². The highest BCUT2D eigenvalue weighted by molar-refractivity contribution is 5.81. The van der Waals surface area contributed by atoms with Crippen LogP contribution in [0, 0.1) is 11.6 Å². The fourth-order valence-corrected chi connectivity index (χ4v) is 5.19. The van der Waals surface area contributed by atoms with Crippen molar-refractivity contribution < 1.29 is 41.1 Å². The molecular weight excluding hydrogens is 627 g/mol. The molecular formula is C32H31F5N6O4. The van der Waals surface area contributed by atoms with E-state index in [1.54, 1.807) is 0 Å². The molecule has 47 heavy (non-hydrogen) atoms. The van der Waals surface area contributed by atoms with E-state index in [9.17, 15) is 31.9 Å². The number of hydrogen-bond acceptors (Lipinski definition) is 8. The van der Waals surface area contributed by atoms with Crippen molar-refractivity contribution in [3.05, 3.63) is 77.8 Å². The molecule has 2 aromatic carbocycles. The number of rotatable bonds is 13. The average Bonchev–Trinajstić information content (AvgIpc) is 3.68.